The zero-order chi connectivity index (χ0) is 27.7. The van der Waals surface area contributed by atoms with Crippen molar-refractivity contribution in [3.8, 4) is 17.2 Å². The summed E-state index contributed by atoms with van der Waals surface area (Å²) in [5.41, 5.74) is 1.68. The molecular formula is C29H21N3O8. The minimum absolute atomic E-state index is 0.0263. The number of Topliss-reactive ketones (excluding diaryl/α,β-unsaturated/α-hetero) is 1. The maximum Gasteiger partial charge on any atom is 0.271 e. The molecule has 0 spiro atoms. The highest BCUT2D eigenvalue weighted by Crippen LogP contribution is 2.54. The number of ketones is 1. The van der Waals surface area contributed by atoms with Crippen molar-refractivity contribution in [3.63, 3.8) is 0 Å². The number of rotatable bonds is 5. The van der Waals surface area contributed by atoms with Gasteiger partial charge in [0, 0.05) is 23.9 Å². The van der Waals surface area contributed by atoms with Crippen LogP contribution in [-0.4, -0.2) is 47.4 Å². The Balaban J connectivity index is 1.37. The van der Waals surface area contributed by atoms with Gasteiger partial charge in [-0.1, -0.05) is 24.3 Å². The minimum atomic E-state index is -1.05. The van der Waals surface area contributed by atoms with E-state index in [0.29, 0.717) is 17.1 Å². The monoisotopic (exact) mass is 539 g/mol. The molecule has 0 N–H and O–H groups in total. The summed E-state index contributed by atoms with van der Waals surface area (Å²) in [4.78, 5) is 56.1. The van der Waals surface area contributed by atoms with Gasteiger partial charge in [-0.05, 0) is 41.5 Å². The van der Waals surface area contributed by atoms with Crippen LogP contribution in [-0.2, 0) is 9.59 Å². The maximum atomic E-state index is 14.2. The second-order valence-corrected chi connectivity index (χ2v) is 9.89. The van der Waals surface area contributed by atoms with Crippen LogP contribution in [0.25, 0.3) is 6.08 Å². The van der Waals surface area contributed by atoms with Gasteiger partial charge in [-0.25, -0.2) is 4.90 Å². The first-order valence-electron chi connectivity index (χ1n) is 12.6. The predicted molar refractivity (Wildman–Crippen MR) is 140 cm³/mol. The molecule has 0 unspecified atom stereocenters. The van der Waals surface area contributed by atoms with Gasteiger partial charge in [0.15, 0.2) is 17.3 Å². The summed E-state index contributed by atoms with van der Waals surface area (Å²) in [5.74, 6) is -2.40. The number of nitro benzene ring substituents is 1. The van der Waals surface area contributed by atoms with Crippen LogP contribution in [0.2, 0.25) is 0 Å². The van der Waals surface area contributed by atoms with Crippen molar-refractivity contribution >= 4 is 35.0 Å². The Labute approximate surface area is 227 Å². The van der Waals surface area contributed by atoms with Crippen molar-refractivity contribution < 1.29 is 33.5 Å². The first-order valence-corrected chi connectivity index (χ1v) is 12.6. The molecule has 3 aromatic carbocycles. The summed E-state index contributed by atoms with van der Waals surface area (Å²) in [6, 6.07) is 14.5. The molecule has 7 rings (SSSR count). The Morgan fingerprint density at radius 1 is 1.00 bits per heavy atom. The van der Waals surface area contributed by atoms with Gasteiger partial charge in [-0.3, -0.25) is 24.5 Å². The molecule has 4 aliphatic rings. The number of carbonyl (C=O) groups is 3. The van der Waals surface area contributed by atoms with Crippen LogP contribution in [0.3, 0.4) is 0 Å². The van der Waals surface area contributed by atoms with E-state index in [1.54, 1.807) is 29.3 Å². The number of non-ortho nitro benzene ring substituents is 1. The normalized spacial score (nSPS) is 23.6. The lowest BCUT2D eigenvalue weighted by molar-refractivity contribution is -0.384. The van der Waals surface area contributed by atoms with Crippen molar-refractivity contribution in [1.82, 2.24) is 4.90 Å². The molecule has 2 saturated heterocycles. The molecule has 200 valence electrons. The zero-order valence-electron chi connectivity index (χ0n) is 21.1. The van der Waals surface area contributed by atoms with E-state index in [2.05, 4.69) is 0 Å². The average Bonchev–Trinajstić information content (AvgIpc) is 3.65. The van der Waals surface area contributed by atoms with E-state index in [0.717, 1.165) is 22.1 Å². The quantitative estimate of drug-likeness (QED) is 0.206. The third-order valence-electron chi connectivity index (χ3n) is 8.00. The third kappa shape index (κ3) is 3.27. The Morgan fingerprint density at radius 2 is 1.77 bits per heavy atom. The number of hydrogen-bond acceptors (Lipinski definition) is 9. The first kappa shape index (κ1) is 23.9. The molecule has 0 aromatic heterocycles. The van der Waals surface area contributed by atoms with Crippen LogP contribution in [0.4, 0.5) is 11.4 Å². The smallest absolute Gasteiger partial charge is 0.271 e. The molecule has 4 heterocycles. The van der Waals surface area contributed by atoms with Crippen molar-refractivity contribution in [2.24, 2.45) is 11.8 Å². The summed E-state index contributed by atoms with van der Waals surface area (Å²) in [5, 5.41) is 11.5. The number of benzene rings is 3. The fraction of sp³-hybridized carbons (Fsp3) is 0.207. The largest absolute Gasteiger partial charge is 0.495 e. The van der Waals surface area contributed by atoms with Gasteiger partial charge in [0.25, 0.3) is 5.69 Å². The molecule has 3 aromatic rings. The topological polar surface area (TPSA) is 129 Å². The number of amides is 2. The number of nitrogens with zero attached hydrogens (tertiary/aromatic N) is 3. The highest BCUT2D eigenvalue weighted by atomic mass is 16.7. The fourth-order valence-corrected chi connectivity index (χ4v) is 6.28. The van der Waals surface area contributed by atoms with Gasteiger partial charge in [0.05, 0.1) is 29.9 Å². The van der Waals surface area contributed by atoms with Crippen LogP contribution >= 0.6 is 0 Å². The summed E-state index contributed by atoms with van der Waals surface area (Å²) in [7, 11) is 1.35. The van der Waals surface area contributed by atoms with E-state index in [1.165, 1.54) is 19.2 Å². The molecule has 2 amide bonds. The highest BCUT2D eigenvalue weighted by molar-refractivity contribution is 6.25. The number of ether oxygens (including phenoxy) is 3. The summed E-state index contributed by atoms with van der Waals surface area (Å²) in [6.07, 6.45) is 3.63. The lowest BCUT2D eigenvalue weighted by Crippen LogP contribution is -2.44. The third-order valence-corrected chi connectivity index (χ3v) is 8.00. The van der Waals surface area contributed by atoms with Crippen LogP contribution < -0.4 is 19.1 Å². The Bertz CT molecular complexity index is 1670. The van der Waals surface area contributed by atoms with E-state index < -0.39 is 40.7 Å². The van der Waals surface area contributed by atoms with Crippen molar-refractivity contribution in [3.05, 3.63) is 93.7 Å². The molecule has 0 aliphatic carbocycles. The molecule has 4 aliphatic heterocycles. The maximum absolute atomic E-state index is 14.2. The number of imide groups is 1. The number of methoxy groups -OCH3 is 1. The molecule has 0 saturated carbocycles. The fourth-order valence-electron chi connectivity index (χ4n) is 6.28. The van der Waals surface area contributed by atoms with Gasteiger partial charge >= 0.3 is 0 Å². The summed E-state index contributed by atoms with van der Waals surface area (Å²) >= 11 is 0. The summed E-state index contributed by atoms with van der Waals surface area (Å²) in [6.45, 7) is 0.0435. The molecule has 0 bridgehead atoms. The van der Waals surface area contributed by atoms with Gasteiger partial charge in [-0.15, -0.1) is 0 Å². The molecule has 11 heteroatoms. The Kier molecular flexibility index (Phi) is 5.18. The first-order chi connectivity index (χ1) is 19.4. The number of carbonyl (C=O) groups excluding carboxylic acids is 3. The number of anilines is 1. The SMILES string of the molecule is COc1ccc([N+](=O)[O-])cc1N1C(=O)[C@@H]2[C@@H](C1=O)[C@H]1c3ccccc3C=CN1[C@@H]2C(=O)c1ccc2c(c1)OCO2. The van der Waals surface area contributed by atoms with Crippen LogP contribution in [0, 0.1) is 22.0 Å². The van der Waals surface area contributed by atoms with E-state index in [-0.39, 0.29) is 29.7 Å². The van der Waals surface area contributed by atoms with E-state index in [9.17, 15) is 24.5 Å². The summed E-state index contributed by atoms with van der Waals surface area (Å²) < 4.78 is 16.2. The van der Waals surface area contributed by atoms with Crippen molar-refractivity contribution in [2.45, 2.75) is 12.1 Å². The second kappa shape index (κ2) is 8.67. The number of nitro groups is 1. The minimum Gasteiger partial charge on any atom is -0.495 e. The molecular weight excluding hydrogens is 518 g/mol. The zero-order valence-corrected chi connectivity index (χ0v) is 21.1. The van der Waals surface area contributed by atoms with Crippen LogP contribution in [0.1, 0.15) is 27.5 Å². The van der Waals surface area contributed by atoms with Gasteiger partial charge in [-0.2, -0.15) is 0 Å². The number of hydrogen-bond donors (Lipinski definition) is 0. The van der Waals surface area contributed by atoms with Gasteiger partial charge < -0.3 is 19.1 Å². The van der Waals surface area contributed by atoms with E-state index in [1.807, 2.05) is 30.3 Å². The van der Waals surface area contributed by atoms with Crippen LogP contribution in [0.5, 0.6) is 17.2 Å². The Morgan fingerprint density at radius 3 is 2.58 bits per heavy atom. The molecule has 2 fully saturated rings. The van der Waals surface area contributed by atoms with Crippen molar-refractivity contribution in [2.75, 3.05) is 18.8 Å². The molecule has 40 heavy (non-hydrogen) atoms. The van der Waals surface area contributed by atoms with E-state index >= 15 is 0 Å². The standard InChI is InChI=1S/C29H21N3O8/c1-38-20-9-7-17(32(36)37)13-19(20)31-28(34)23-24(29(31)35)26(27(33)16-6-8-21-22(12-16)40-14-39-21)30-11-10-15-4-2-3-5-18(15)25(23)30/h2-13,23-26H,14H2,1H3/t23-,24-,25-,26+/m1/s1. The average molecular weight is 540 g/mol. The van der Waals surface area contributed by atoms with E-state index in [4.69, 9.17) is 14.2 Å². The highest BCUT2D eigenvalue weighted by Gasteiger charge is 2.65. The second-order valence-electron chi connectivity index (χ2n) is 9.89. The van der Waals surface area contributed by atoms with Gasteiger partial charge in [0.1, 0.15) is 17.5 Å². The number of fused-ring (bicyclic) bond motifs is 6. The van der Waals surface area contributed by atoms with Crippen LogP contribution in [0.15, 0.2) is 66.9 Å². The molecule has 11 nitrogen and oxygen atoms in total. The van der Waals surface area contributed by atoms with Gasteiger partial charge in [0.2, 0.25) is 18.6 Å². The van der Waals surface area contributed by atoms with Crippen molar-refractivity contribution in [1.29, 1.82) is 0 Å². The lowest BCUT2D eigenvalue weighted by atomic mass is 9.83. The lowest BCUT2D eigenvalue weighted by Gasteiger charge is -2.35. The Hall–Kier alpha value is -5.19. The predicted octanol–water partition coefficient (Wildman–Crippen LogP) is 3.73. The molecule has 0 radical (unpaired) electrons. The molecule has 4 atom stereocenters.